The van der Waals surface area contributed by atoms with Crippen molar-refractivity contribution in [2.45, 2.75) is 24.5 Å². The lowest BCUT2D eigenvalue weighted by atomic mass is 10.1. The summed E-state index contributed by atoms with van der Waals surface area (Å²) in [5, 5.41) is 18.3. The Morgan fingerprint density at radius 1 is 1.43 bits per heavy atom. The molecule has 11 nitrogen and oxygen atoms in total. The molecule has 2 fully saturated rings. The van der Waals surface area contributed by atoms with Gasteiger partial charge in [-0.15, -0.1) is 5.10 Å². The summed E-state index contributed by atoms with van der Waals surface area (Å²) >= 11 is 0. The summed E-state index contributed by atoms with van der Waals surface area (Å²) in [5.74, 6) is 0. The van der Waals surface area contributed by atoms with Crippen LogP contribution in [0, 0.1) is 0 Å². The number of aromatic nitrogens is 3. The fourth-order valence-corrected chi connectivity index (χ4v) is 3.67. The molecule has 0 radical (unpaired) electrons. The molecule has 5 atom stereocenters. The quantitative estimate of drug-likeness (QED) is 0.404. The highest BCUT2D eigenvalue weighted by molar-refractivity contribution is 7.47. The first kappa shape index (κ1) is 16.3. The molecular weight excluding hydrogens is 329 g/mol. The van der Waals surface area contributed by atoms with Gasteiger partial charge in [-0.2, -0.15) is 0 Å². The van der Waals surface area contributed by atoms with Crippen molar-refractivity contribution in [3.05, 3.63) is 18.2 Å². The van der Waals surface area contributed by atoms with E-state index < -0.39 is 32.4 Å². The van der Waals surface area contributed by atoms with Crippen molar-refractivity contribution >= 4 is 24.5 Å². The minimum absolute atomic E-state index is 0. The van der Waals surface area contributed by atoms with Gasteiger partial charge in [0.1, 0.15) is 23.8 Å². The van der Waals surface area contributed by atoms with Crippen molar-refractivity contribution in [3.8, 4) is 0 Å². The molecule has 0 bridgehead atoms. The molecule has 3 heterocycles. The number of nitrogens with two attached hydrogens (primary N) is 1. The van der Waals surface area contributed by atoms with Crippen LogP contribution in [0.15, 0.2) is 18.2 Å². The number of benzene rings is 1. The molecule has 2 aliphatic rings. The number of fused-ring (bicyclic) bond motifs is 2. The Balaban J connectivity index is 0.00000156. The lowest BCUT2D eigenvalue weighted by Gasteiger charge is -2.27. The Bertz CT molecular complexity index is 783. The standard InChI is InChI=1S/C11H13N4O6P.H3N/c12-5-2-1-3-6-8(5)13-14-15(6)11-9(16)10-7(20-11)4-19-22(17,18)21-10;/h1-3,7,9-11,16H,4,12H2,(H,17,18);1H3/t7-,9-,10-,11-;/m1./s1. The van der Waals surface area contributed by atoms with Crippen LogP contribution in [0.1, 0.15) is 6.23 Å². The van der Waals surface area contributed by atoms with Crippen molar-refractivity contribution in [3.63, 3.8) is 0 Å². The zero-order valence-corrected chi connectivity index (χ0v) is 12.7. The highest BCUT2D eigenvalue weighted by Gasteiger charge is 2.53. The van der Waals surface area contributed by atoms with Crippen LogP contribution in [0.25, 0.3) is 11.0 Å². The molecule has 12 heteroatoms. The van der Waals surface area contributed by atoms with Crippen LogP contribution in [0.4, 0.5) is 5.69 Å². The second-order valence-electron chi connectivity index (χ2n) is 5.14. The van der Waals surface area contributed by atoms with E-state index in [0.717, 1.165) is 0 Å². The van der Waals surface area contributed by atoms with E-state index in [-0.39, 0.29) is 12.8 Å². The molecule has 7 N–H and O–H groups in total. The van der Waals surface area contributed by atoms with Gasteiger partial charge in [-0.05, 0) is 12.1 Å². The third-order valence-corrected chi connectivity index (χ3v) is 4.73. The number of phosphoric ester groups is 1. The summed E-state index contributed by atoms with van der Waals surface area (Å²) in [6.07, 6.45) is -3.76. The molecule has 4 rings (SSSR count). The Kier molecular flexibility index (Phi) is 3.89. The smallest absolute Gasteiger partial charge is 0.397 e. The van der Waals surface area contributed by atoms with Gasteiger partial charge in [-0.3, -0.25) is 9.05 Å². The number of aliphatic hydroxyl groups is 1. The summed E-state index contributed by atoms with van der Waals surface area (Å²) in [4.78, 5) is 9.36. The molecule has 23 heavy (non-hydrogen) atoms. The van der Waals surface area contributed by atoms with E-state index in [1.54, 1.807) is 18.2 Å². The monoisotopic (exact) mass is 345 g/mol. The fraction of sp³-hybridized carbons (Fsp3) is 0.455. The van der Waals surface area contributed by atoms with Crippen molar-refractivity contribution in [2.75, 3.05) is 12.3 Å². The van der Waals surface area contributed by atoms with Crippen LogP contribution in [-0.2, 0) is 18.3 Å². The number of ether oxygens (including phenoxy) is 1. The number of nitrogen functional groups attached to an aromatic ring is 1. The highest BCUT2D eigenvalue weighted by Crippen LogP contribution is 2.52. The molecule has 2 aromatic rings. The minimum Gasteiger partial charge on any atom is -0.397 e. The Morgan fingerprint density at radius 3 is 3.00 bits per heavy atom. The Hall–Kier alpha value is -1.59. The Labute approximate surface area is 130 Å². The maximum absolute atomic E-state index is 11.5. The van der Waals surface area contributed by atoms with E-state index >= 15 is 0 Å². The molecule has 1 unspecified atom stereocenters. The lowest BCUT2D eigenvalue weighted by Crippen LogP contribution is -2.39. The van der Waals surface area contributed by atoms with Gasteiger partial charge in [-0.1, -0.05) is 11.3 Å². The number of hydrogen-bond donors (Lipinski definition) is 4. The predicted octanol–water partition coefficient (Wildman–Crippen LogP) is -0.0504. The summed E-state index contributed by atoms with van der Waals surface area (Å²) < 4.78 is 28.1. The first-order valence-electron chi connectivity index (χ1n) is 6.55. The molecule has 126 valence electrons. The van der Waals surface area contributed by atoms with Gasteiger partial charge in [-0.25, -0.2) is 9.25 Å². The van der Waals surface area contributed by atoms with E-state index in [4.69, 9.17) is 15.0 Å². The molecule has 0 aliphatic carbocycles. The number of aliphatic hydroxyl groups excluding tert-OH is 1. The van der Waals surface area contributed by atoms with Gasteiger partial charge in [0.05, 0.1) is 17.8 Å². The fourth-order valence-electron chi connectivity index (χ4n) is 2.71. The summed E-state index contributed by atoms with van der Waals surface area (Å²) in [6.45, 7) is -0.152. The maximum Gasteiger partial charge on any atom is 0.472 e. The third kappa shape index (κ3) is 2.52. The summed E-state index contributed by atoms with van der Waals surface area (Å²) in [5.41, 5.74) is 7.34. The number of nitrogens with zero attached hydrogens (tertiary/aromatic N) is 3. The van der Waals surface area contributed by atoms with E-state index in [1.807, 2.05) is 0 Å². The van der Waals surface area contributed by atoms with Gasteiger partial charge in [0.15, 0.2) is 6.23 Å². The van der Waals surface area contributed by atoms with Crippen LogP contribution in [0.2, 0.25) is 0 Å². The van der Waals surface area contributed by atoms with Crippen LogP contribution in [0.5, 0.6) is 0 Å². The Morgan fingerprint density at radius 2 is 2.22 bits per heavy atom. The number of hydrogen-bond acceptors (Lipinski definition) is 9. The maximum atomic E-state index is 11.5. The first-order valence-corrected chi connectivity index (χ1v) is 8.04. The van der Waals surface area contributed by atoms with E-state index in [0.29, 0.717) is 16.7 Å². The van der Waals surface area contributed by atoms with Gasteiger partial charge < -0.3 is 26.6 Å². The molecule has 0 saturated carbocycles. The normalized spacial score (nSPS) is 36.6. The SMILES string of the molecule is N.Nc1cccc2c1nnn2[C@@H]1O[C@@H]2COP(=O)(O)O[C@H]2[C@H]1O. The summed E-state index contributed by atoms with van der Waals surface area (Å²) in [7, 11) is -4.16. The molecule has 1 aromatic heterocycles. The third-order valence-electron chi connectivity index (χ3n) is 3.74. The van der Waals surface area contributed by atoms with Gasteiger partial charge in [0.2, 0.25) is 0 Å². The molecule has 1 aromatic carbocycles. The molecule has 2 aliphatic heterocycles. The van der Waals surface area contributed by atoms with Crippen molar-refractivity contribution in [2.24, 2.45) is 0 Å². The number of anilines is 1. The molecule has 0 amide bonds. The number of rotatable bonds is 1. The second kappa shape index (κ2) is 5.49. The van der Waals surface area contributed by atoms with Crippen molar-refractivity contribution < 1.29 is 28.3 Å². The average Bonchev–Trinajstić information content (AvgIpc) is 3.01. The largest absolute Gasteiger partial charge is 0.472 e. The van der Waals surface area contributed by atoms with E-state index in [9.17, 15) is 14.6 Å². The average molecular weight is 345 g/mol. The van der Waals surface area contributed by atoms with Crippen LogP contribution >= 0.6 is 7.82 Å². The molecular formula is C11H16N5O6P. The van der Waals surface area contributed by atoms with Crippen molar-refractivity contribution in [1.29, 1.82) is 0 Å². The van der Waals surface area contributed by atoms with Gasteiger partial charge in [0.25, 0.3) is 0 Å². The van der Waals surface area contributed by atoms with Crippen LogP contribution in [0.3, 0.4) is 0 Å². The van der Waals surface area contributed by atoms with Crippen molar-refractivity contribution in [1.82, 2.24) is 21.1 Å². The van der Waals surface area contributed by atoms with Gasteiger partial charge >= 0.3 is 7.82 Å². The first-order chi connectivity index (χ1) is 10.5. The minimum atomic E-state index is -4.16. The summed E-state index contributed by atoms with van der Waals surface area (Å²) in [6, 6.07) is 5.15. The second-order valence-corrected chi connectivity index (χ2v) is 6.55. The van der Waals surface area contributed by atoms with Gasteiger partial charge in [0, 0.05) is 0 Å². The topological polar surface area (TPSA) is 177 Å². The lowest BCUT2D eigenvalue weighted by molar-refractivity contribution is -0.0698. The van der Waals surface area contributed by atoms with E-state index in [1.165, 1.54) is 4.68 Å². The predicted molar refractivity (Wildman–Crippen MR) is 77.5 cm³/mol. The molecule has 2 saturated heterocycles. The number of phosphoric acid groups is 1. The van der Waals surface area contributed by atoms with Crippen LogP contribution in [-0.4, -0.2) is 49.9 Å². The van der Waals surface area contributed by atoms with E-state index in [2.05, 4.69) is 14.8 Å². The molecule has 0 spiro atoms. The zero-order valence-electron chi connectivity index (χ0n) is 11.8. The van der Waals surface area contributed by atoms with Crippen LogP contribution < -0.4 is 11.9 Å². The zero-order chi connectivity index (χ0) is 15.5. The highest BCUT2D eigenvalue weighted by atomic mass is 31.2.